The number of benzene rings is 1. The fourth-order valence-electron chi connectivity index (χ4n) is 1.32. The first-order valence-corrected chi connectivity index (χ1v) is 6.53. The van der Waals surface area contributed by atoms with Crippen LogP contribution in [0.3, 0.4) is 0 Å². The van der Waals surface area contributed by atoms with Crippen molar-refractivity contribution in [3.63, 3.8) is 0 Å². The zero-order chi connectivity index (χ0) is 13.1. The molecule has 0 radical (unpaired) electrons. The molecule has 0 aliphatic carbocycles. The Balaban J connectivity index is 2.28. The lowest BCUT2D eigenvalue weighted by Crippen LogP contribution is -2.15. The number of hydrogen-bond donors (Lipinski definition) is 1. The molecule has 0 aliphatic heterocycles. The minimum absolute atomic E-state index is 0.0399. The minimum Gasteiger partial charge on any atom is -0.306 e. The average molecular weight is 374 g/mol. The first kappa shape index (κ1) is 13.2. The summed E-state index contributed by atoms with van der Waals surface area (Å²) < 4.78 is 14.8. The van der Waals surface area contributed by atoms with Gasteiger partial charge in [-0.05, 0) is 46.3 Å². The standard InChI is InChI=1S/C12H7Br2FN2O/c13-7-3-4-10(15)8(6-7)12(18)17-11-9(14)2-1-5-16-11/h1-6H,(H,16,17,18). The number of nitrogens with zero attached hydrogens (tertiary/aromatic N) is 1. The van der Waals surface area contributed by atoms with Crippen molar-refractivity contribution in [3.05, 3.63) is 56.9 Å². The molecule has 1 N–H and O–H groups in total. The van der Waals surface area contributed by atoms with Crippen LogP contribution in [0.25, 0.3) is 0 Å². The summed E-state index contributed by atoms with van der Waals surface area (Å²) in [5.74, 6) is -0.780. The molecule has 0 bridgehead atoms. The lowest BCUT2D eigenvalue weighted by atomic mass is 10.2. The fourth-order valence-corrected chi connectivity index (χ4v) is 2.04. The van der Waals surface area contributed by atoms with Crippen molar-refractivity contribution in [3.8, 4) is 0 Å². The Bertz CT molecular complexity index is 604. The van der Waals surface area contributed by atoms with Gasteiger partial charge in [-0.2, -0.15) is 0 Å². The molecule has 3 nitrogen and oxygen atoms in total. The van der Waals surface area contributed by atoms with Gasteiger partial charge in [0, 0.05) is 10.7 Å². The second-order valence-electron chi connectivity index (χ2n) is 3.41. The van der Waals surface area contributed by atoms with E-state index in [0.29, 0.717) is 14.8 Å². The quantitative estimate of drug-likeness (QED) is 0.864. The SMILES string of the molecule is O=C(Nc1ncccc1Br)c1cc(Br)ccc1F. The van der Waals surface area contributed by atoms with Crippen LogP contribution in [0.1, 0.15) is 10.4 Å². The van der Waals surface area contributed by atoms with Gasteiger partial charge in [0.25, 0.3) is 5.91 Å². The molecule has 0 fully saturated rings. The summed E-state index contributed by atoms with van der Waals surface area (Å²) in [6, 6.07) is 7.64. The number of carbonyl (C=O) groups excluding carboxylic acids is 1. The molecule has 92 valence electrons. The summed E-state index contributed by atoms with van der Waals surface area (Å²) in [6.07, 6.45) is 1.54. The molecule has 18 heavy (non-hydrogen) atoms. The molecule has 0 unspecified atom stereocenters. The van der Waals surface area contributed by atoms with Crippen molar-refractivity contribution >= 4 is 43.6 Å². The summed E-state index contributed by atoms with van der Waals surface area (Å²) in [4.78, 5) is 15.9. The minimum atomic E-state index is -0.581. The van der Waals surface area contributed by atoms with Crippen molar-refractivity contribution in [2.75, 3.05) is 5.32 Å². The van der Waals surface area contributed by atoms with E-state index in [-0.39, 0.29) is 5.56 Å². The van der Waals surface area contributed by atoms with Crippen LogP contribution in [-0.4, -0.2) is 10.9 Å². The Morgan fingerprint density at radius 1 is 1.28 bits per heavy atom. The van der Waals surface area contributed by atoms with Gasteiger partial charge in [-0.15, -0.1) is 0 Å². The van der Waals surface area contributed by atoms with Crippen molar-refractivity contribution in [2.45, 2.75) is 0 Å². The van der Waals surface area contributed by atoms with Gasteiger partial charge in [0.15, 0.2) is 0 Å². The summed E-state index contributed by atoms with van der Waals surface area (Å²) in [7, 11) is 0. The number of aromatic nitrogens is 1. The first-order valence-electron chi connectivity index (χ1n) is 4.95. The zero-order valence-corrected chi connectivity index (χ0v) is 12.1. The third-order valence-electron chi connectivity index (χ3n) is 2.16. The Kier molecular flexibility index (Phi) is 4.08. The van der Waals surface area contributed by atoms with Crippen LogP contribution in [0, 0.1) is 5.82 Å². The van der Waals surface area contributed by atoms with Crippen molar-refractivity contribution in [1.82, 2.24) is 4.98 Å². The molecule has 0 saturated carbocycles. The third-order valence-corrected chi connectivity index (χ3v) is 3.30. The van der Waals surface area contributed by atoms with Crippen LogP contribution in [0.4, 0.5) is 10.2 Å². The Morgan fingerprint density at radius 3 is 2.78 bits per heavy atom. The normalized spacial score (nSPS) is 10.2. The van der Waals surface area contributed by atoms with Crippen molar-refractivity contribution in [1.29, 1.82) is 0 Å². The van der Waals surface area contributed by atoms with E-state index in [1.165, 1.54) is 24.4 Å². The molecule has 0 atom stereocenters. The highest BCUT2D eigenvalue weighted by Crippen LogP contribution is 2.21. The fraction of sp³-hybridized carbons (Fsp3) is 0. The lowest BCUT2D eigenvalue weighted by molar-refractivity contribution is 0.102. The second-order valence-corrected chi connectivity index (χ2v) is 5.18. The number of pyridine rings is 1. The molecule has 0 aliphatic rings. The van der Waals surface area contributed by atoms with Crippen LogP contribution in [-0.2, 0) is 0 Å². The van der Waals surface area contributed by atoms with Crippen LogP contribution >= 0.6 is 31.9 Å². The highest BCUT2D eigenvalue weighted by Gasteiger charge is 2.13. The second kappa shape index (κ2) is 5.58. The van der Waals surface area contributed by atoms with Crippen LogP contribution < -0.4 is 5.32 Å². The highest BCUT2D eigenvalue weighted by molar-refractivity contribution is 9.10. The third kappa shape index (κ3) is 2.94. The van der Waals surface area contributed by atoms with E-state index in [4.69, 9.17) is 0 Å². The molecule has 0 saturated heterocycles. The Labute approximate surface area is 120 Å². The maximum atomic E-state index is 13.5. The number of nitrogens with one attached hydrogen (secondary N) is 1. The van der Waals surface area contributed by atoms with Gasteiger partial charge in [-0.3, -0.25) is 4.79 Å². The predicted molar refractivity (Wildman–Crippen MR) is 74.0 cm³/mol. The molecular formula is C12H7Br2FN2O. The van der Waals surface area contributed by atoms with E-state index in [0.717, 1.165) is 0 Å². The zero-order valence-electron chi connectivity index (χ0n) is 8.95. The van der Waals surface area contributed by atoms with Gasteiger partial charge in [0.1, 0.15) is 11.6 Å². The van der Waals surface area contributed by atoms with Gasteiger partial charge < -0.3 is 5.32 Å². The number of carbonyl (C=O) groups is 1. The maximum Gasteiger partial charge on any atom is 0.259 e. The molecule has 1 heterocycles. The number of halogens is 3. The van der Waals surface area contributed by atoms with E-state index >= 15 is 0 Å². The number of rotatable bonds is 2. The molecule has 2 aromatic rings. The van der Waals surface area contributed by atoms with Gasteiger partial charge in [-0.25, -0.2) is 9.37 Å². The summed E-state index contributed by atoms with van der Waals surface area (Å²) in [5.41, 5.74) is -0.0399. The van der Waals surface area contributed by atoms with Gasteiger partial charge in [-0.1, -0.05) is 15.9 Å². The van der Waals surface area contributed by atoms with Crippen LogP contribution in [0.5, 0.6) is 0 Å². The van der Waals surface area contributed by atoms with E-state index in [1.54, 1.807) is 12.1 Å². The molecular weight excluding hydrogens is 367 g/mol. The number of hydrogen-bond acceptors (Lipinski definition) is 2. The topological polar surface area (TPSA) is 42.0 Å². The smallest absolute Gasteiger partial charge is 0.259 e. The molecule has 0 spiro atoms. The van der Waals surface area contributed by atoms with E-state index in [9.17, 15) is 9.18 Å². The molecule has 1 amide bonds. The van der Waals surface area contributed by atoms with E-state index in [1.807, 2.05) is 0 Å². The largest absolute Gasteiger partial charge is 0.306 e. The predicted octanol–water partition coefficient (Wildman–Crippen LogP) is 4.00. The Hall–Kier alpha value is -1.27. The molecule has 1 aromatic carbocycles. The van der Waals surface area contributed by atoms with Crippen molar-refractivity contribution in [2.24, 2.45) is 0 Å². The van der Waals surface area contributed by atoms with Gasteiger partial charge >= 0.3 is 0 Å². The Morgan fingerprint density at radius 2 is 2.06 bits per heavy atom. The van der Waals surface area contributed by atoms with Crippen molar-refractivity contribution < 1.29 is 9.18 Å². The monoisotopic (exact) mass is 372 g/mol. The summed E-state index contributed by atoms with van der Waals surface area (Å²) in [5, 5.41) is 2.54. The van der Waals surface area contributed by atoms with Gasteiger partial charge in [0.05, 0.1) is 10.0 Å². The maximum absolute atomic E-state index is 13.5. The average Bonchev–Trinajstić information content (AvgIpc) is 2.35. The van der Waals surface area contributed by atoms with Gasteiger partial charge in [0.2, 0.25) is 0 Å². The summed E-state index contributed by atoms with van der Waals surface area (Å²) in [6.45, 7) is 0. The number of anilines is 1. The van der Waals surface area contributed by atoms with E-state index < -0.39 is 11.7 Å². The lowest BCUT2D eigenvalue weighted by Gasteiger charge is -2.07. The summed E-state index contributed by atoms with van der Waals surface area (Å²) >= 11 is 6.44. The molecule has 6 heteroatoms. The molecule has 1 aromatic heterocycles. The van der Waals surface area contributed by atoms with Crippen LogP contribution in [0.15, 0.2) is 45.5 Å². The van der Waals surface area contributed by atoms with Crippen LogP contribution in [0.2, 0.25) is 0 Å². The molecule has 2 rings (SSSR count). The first-order chi connectivity index (χ1) is 8.58. The van der Waals surface area contributed by atoms with E-state index in [2.05, 4.69) is 42.2 Å². The number of amides is 1. The highest BCUT2D eigenvalue weighted by atomic mass is 79.9.